The van der Waals surface area contributed by atoms with Crippen LogP contribution in [0.4, 0.5) is 0 Å². The number of aliphatic hydroxyl groups is 1. The van der Waals surface area contributed by atoms with Gasteiger partial charge in [-0.2, -0.15) is 0 Å². The summed E-state index contributed by atoms with van der Waals surface area (Å²) >= 11 is 0. The highest BCUT2D eigenvalue weighted by atomic mass is 16.3. The Morgan fingerprint density at radius 1 is 1.29 bits per heavy atom. The van der Waals surface area contributed by atoms with Gasteiger partial charge in [-0.3, -0.25) is 0 Å². The first-order valence-corrected chi connectivity index (χ1v) is 6.65. The molecule has 0 radical (unpaired) electrons. The Labute approximate surface area is 104 Å². The summed E-state index contributed by atoms with van der Waals surface area (Å²) in [6.07, 6.45) is 5.52. The van der Waals surface area contributed by atoms with Crippen LogP contribution >= 0.6 is 0 Å². The summed E-state index contributed by atoms with van der Waals surface area (Å²) in [7, 11) is 0. The summed E-state index contributed by atoms with van der Waals surface area (Å²) in [5, 5.41) is 13.6. The van der Waals surface area contributed by atoms with Crippen molar-refractivity contribution in [3.63, 3.8) is 0 Å². The Hall–Kier alpha value is -0.860. The molecule has 1 aliphatic carbocycles. The summed E-state index contributed by atoms with van der Waals surface area (Å²) < 4.78 is 0. The average Bonchev–Trinajstić information content (AvgIpc) is 3.12. The molecule has 0 amide bonds. The third-order valence-electron chi connectivity index (χ3n) is 3.37. The van der Waals surface area contributed by atoms with Gasteiger partial charge >= 0.3 is 0 Å². The molecule has 0 saturated heterocycles. The van der Waals surface area contributed by atoms with Crippen LogP contribution in [0.5, 0.6) is 0 Å². The lowest BCUT2D eigenvalue weighted by atomic mass is 9.97. The highest BCUT2D eigenvalue weighted by Crippen LogP contribution is 2.21. The molecule has 1 aliphatic rings. The van der Waals surface area contributed by atoms with E-state index in [9.17, 15) is 5.11 Å². The molecule has 1 atom stereocenters. The van der Waals surface area contributed by atoms with E-state index >= 15 is 0 Å². The van der Waals surface area contributed by atoms with Crippen LogP contribution in [-0.2, 0) is 6.42 Å². The van der Waals surface area contributed by atoms with Crippen LogP contribution in [0.25, 0.3) is 0 Å². The molecule has 2 rings (SSSR count). The van der Waals surface area contributed by atoms with E-state index in [1.807, 2.05) is 13.0 Å². The summed E-state index contributed by atoms with van der Waals surface area (Å²) in [6, 6.07) is 11.2. The first kappa shape index (κ1) is 12.6. The summed E-state index contributed by atoms with van der Waals surface area (Å²) in [5.41, 5.74) is 0.802. The minimum absolute atomic E-state index is 0.558. The number of aryl methyl sites for hydroxylation is 1. The van der Waals surface area contributed by atoms with E-state index in [1.165, 1.54) is 18.4 Å². The highest BCUT2D eigenvalue weighted by Gasteiger charge is 2.26. The first-order chi connectivity index (χ1) is 8.16. The lowest BCUT2D eigenvalue weighted by Gasteiger charge is -2.23. The van der Waals surface area contributed by atoms with Crippen molar-refractivity contribution in [2.75, 3.05) is 6.54 Å². The Bertz CT molecular complexity index is 330. The van der Waals surface area contributed by atoms with Gasteiger partial charge in [0.2, 0.25) is 0 Å². The quantitative estimate of drug-likeness (QED) is 0.758. The molecule has 1 aromatic carbocycles. The van der Waals surface area contributed by atoms with Crippen molar-refractivity contribution in [2.45, 2.75) is 50.7 Å². The number of benzene rings is 1. The van der Waals surface area contributed by atoms with Crippen LogP contribution in [0, 0.1) is 0 Å². The molecule has 1 unspecified atom stereocenters. The second kappa shape index (κ2) is 5.65. The van der Waals surface area contributed by atoms with E-state index in [4.69, 9.17) is 0 Å². The maximum atomic E-state index is 10.2. The maximum absolute atomic E-state index is 10.2. The molecule has 0 aromatic heterocycles. The zero-order valence-electron chi connectivity index (χ0n) is 10.7. The predicted molar refractivity (Wildman–Crippen MR) is 71.0 cm³/mol. The fourth-order valence-corrected chi connectivity index (χ4v) is 2.06. The third-order valence-corrected chi connectivity index (χ3v) is 3.37. The lowest BCUT2D eigenvalue weighted by Crippen LogP contribution is -2.38. The highest BCUT2D eigenvalue weighted by molar-refractivity contribution is 5.14. The molecule has 94 valence electrons. The van der Waals surface area contributed by atoms with E-state index in [-0.39, 0.29) is 0 Å². The van der Waals surface area contributed by atoms with Crippen LogP contribution in [0.15, 0.2) is 30.3 Å². The van der Waals surface area contributed by atoms with Crippen LogP contribution in [0.1, 0.15) is 38.2 Å². The molecule has 0 heterocycles. The topological polar surface area (TPSA) is 32.3 Å². The van der Waals surface area contributed by atoms with E-state index in [2.05, 4.69) is 29.6 Å². The van der Waals surface area contributed by atoms with Gasteiger partial charge in [-0.15, -0.1) is 0 Å². The second-order valence-electron chi connectivity index (χ2n) is 5.49. The van der Waals surface area contributed by atoms with Gasteiger partial charge in [-0.25, -0.2) is 0 Å². The third kappa shape index (κ3) is 4.88. The molecular weight excluding hydrogens is 210 g/mol. The van der Waals surface area contributed by atoms with Crippen molar-refractivity contribution in [3.8, 4) is 0 Å². The summed E-state index contributed by atoms with van der Waals surface area (Å²) in [6.45, 7) is 2.67. The van der Waals surface area contributed by atoms with Crippen molar-refractivity contribution >= 4 is 0 Å². The van der Waals surface area contributed by atoms with Crippen LogP contribution < -0.4 is 5.32 Å². The lowest BCUT2D eigenvalue weighted by molar-refractivity contribution is 0.0485. The first-order valence-electron chi connectivity index (χ1n) is 6.65. The molecule has 0 spiro atoms. The molecule has 17 heavy (non-hydrogen) atoms. The minimum Gasteiger partial charge on any atom is -0.389 e. The standard InChI is InChI=1S/C15H23NO/c1-15(17,12-16-14-9-10-14)11-5-8-13-6-3-2-4-7-13/h2-4,6-7,14,16-17H,5,8-12H2,1H3. The molecule has 1 aromatic rings. The number of hydrogen-bond acceptors (Lipinski definition) is 2. The fraction of sp³-hybridized carbons (Fsp3) is 0.600. The van der Waals surface area contributed by atoms with Gasteiger partial charge < -0.3 is 10.4 Å². The monoisotopic (exact) mass is 233 g/mol. The van der Waals surface area contributed by atoms with E-state index in [0.717, 1.165) is 25.8 Å². The Morgan fingerprint density at radius 3 is 2.65 bits per heavy atom. The minimum atomic E-state index is -0.558. The van der Waals surface area contributed by atoms with Gasteiger partial charge in [0.05, 0.1) is 5.60 Å². The Kier molecular flexibility index (Phi) is 4.19. The molecular formula is C15H23NO. The van der Waals surface area contributed by atoms with E-state index in [0.29, 0.717) is 6.04 Å². The average molecular weight is 233 g/mol. The van der Waals surface area contributed by atoms with E-state index < -0.39 is 5.60 Å². The molecule has 2 N–H and O–H groups in total. The van der Waals surface area contributed by atoms with Crippen LogP contribution in [0.3, 0.4) is 0 Å². The van der Waals surface area contributed by atoms with Gasteiger partial charge in [0.1, 0.15) is 0 Å². The molecule has 2 nitrogen and oxygen atoms in total. The SMILES string of the molecule is CC(O)(CCCc1ccccc1)CNC1CC1. The normalized spacial score (nSPS) is 18.9. The predicted octanol–water partition coefficient (Wildman–Crippen LogP) is 2.51. The molecule has 0 bridgehead atoms. The number of hydrogen-bond donors (Lipinski definition) is 2. The summed E-state index contributed by atoms with van der Waals surface area (Å²) in [4.78, 5) is 0. The number of rotatable bonds is 7. The maximum Gasteiger partial charge on any atom is 0.0743 e. The van der Waals surface area contributed by atoms with Crippen LogP contribution in [0.2, 0.25) is 0 Å². The fourth-order valence-electron chi connectivity index (χ4n) is 2.06. The Balaban J connectivity index is 1.65. The van der Waals surface area contributed by atoms with E-state index in [1.54, 1.807) is 0 Å². The zero-order chi connectivity index (χ0) is 12.1. The Morgan fingerprint density at radius 2 is 2.00 bits per heavy atom. The zero-order valence-corrected chi connectivity index (χ0v) is 10.7. The molecule has 1 fully saturated rings. The molecule has 0 aliphatic heterocycles. The van der Waals surface area contributed by atoms with Crippen molar-refractivity contribution < 1.29 is 5.11 Å². The smallest absolute Gasteiger partial charge is 0.0743 e. The van der Waals surface area contributed by atoms with Gasteiger partial charge in [0, 0.05) is 12.6 Å². The van der Waals surface area contributed by atoms with Crippen molar-refractivity contribution in [1.29, 1.82) is 0 Å². The molecule has 2 heteroatoms. The van der Waals surface area contributed by atoms with Crippen molar-refractivity contribution in [2.24, 2.45) is 0 Å². The number of nitrogens with one attached hydrogen (secondary N) is 1. The van der Waals surface area contributed by atoms with Crippen LogP contribution in [-0.4, -0.2) is 23.3 Å². The van der Waals surface area contributed by atoms with Crippen molar-refractivity contribution in [3.05, 3.63) is 35.9 Å². The largest absolute Gasteiger partial charge is 0.389 e. The van der Waals surface area contributed by atoms with Gasteiger partial charge in [0.15, 0.2) is 0 Å². The second-order valence-corrected chi connectivity index (χ2v) is 5.49. The summed E-state index contributed by atoms with van der Waals surface area (Å²) in [5.74, 6) is 0. The van der Waals surface area contributed by atoms with Gasteiger partial charge in [-0.1, -0.05) is 30.3 Å². The van der Waals surface area contributed by atoms with Gasteiger partial charge in [-0.05, 0) is 44.6 Å². The van der Waals surface area contributed by atoms with Crippen molar-refractivity contribution in [1.82, 2.24) is 5.32 Å². The molecule has 1 saturated carbocycles. The van der Waals surface area contributed by atoms with Gasteiger partial charge in [0.25, 0.3) is 0 Å².